The Bertz CT molecular complexity index is 401. The van der Waals surface area contributed by atoms with Crippen LogP contribution in [-0.2, 0) is 11.3 Å². The molecule has 3 heterocycles. The van der Waals surface area contributed by atoms with Crippen molar-refractivity contribution >= 4 is 0 Å². The predicted octanol–water partition coefficient (Wildman–Crippen LogP) is 2.19. The van der Waals surface area contributed by atoms with Gasteiger partial charge in [0, 0.05) is 24.4 Å². The molecule has 0 aliphatic carbocycles. The fraction of sp³-hybridized carbons (Fsp3) is 0.786. The van der Waals surface area contributed by atoms with Gasteiger partial charge in [-0.3, -0.25) is 0 Å². The predicted molar refractivity (Wildman–Crippen MR) is 70.4 cm³/mol. The third-order valence-corrected chi connectivity index (χ3v) is 3.97. The second-order valence-electron chi connectivity index (χ2n) is 6.03. The quantitative estimate of drug-likeness (QED) is 0.841. The molecule has 0 radical (unpaired) electrons. The highest BCUT2D eigenvalue weighted by Crippen LogP contribution is 2.43. The van der Waals surface area contributed by atoms with Crippen LogP contribution in [0.1, 0.15) is 50.5 Å². The van der Waals surface area contributed by atoms with Gasteiger partial charge in [-0.1, -0.05) is 13.8 Å². The van der Waals surface area contributed by atoms with Gasteiger partial charge in [0.05, 0.1) is 12.2 Å². The molecular formula is C14H23N3O. The van der Waals surface area contributed by atoms with Crippen LogP contribution in [0, 0.1) is 5.92 Å². The summed E-state index contributed by atoms with van der Waals surface area (Å²) in [5, 5.41) is 3.44. The van der Waals surface area contributed by atoms with Crippen LogP contribution in [0.15, 0.2) is 6.20 Å². The maximum Gasteiger partial charge on any atom is 0.112 e. The topological polar surface area (TPSA) is 49.9 Å². The van der Waals surface area contributed by atoms with E-state index in [9.17, 15) is 0 Å². The van der Waals surface area contributed by atoms with Crippen molar-refractivity contribution in [2.24, 2.45) is 5.92 Å². The van der Waals surface area contributed by atoms with Crippen molar-refractivity contribution in [2.75, 3.05) is 6.54 Å². The van der Waals surface area contributed by atoms with Gasteiger partial charge in [-0.05, 0) is 31.7 Å². The van der Waals surface area contributed by atoms with Crippen molar-refractivity contribution in [1.29, 1.82) is 0 Å². The van der Waals surface area contributed by atoms with E-state index in [-0.39, 0.29) is 0 Å². The van der Waals surface area contributed by atoms with E-state index in [0.29, 0.717) is 24.0 Å². The van der Waals surface area contributed by atoms with Gasteiger partial charge in [0.15, 0.2) is 0 Å². The SMILES string of the molecule is CC(C)CNCc1cnc(C2CC3CCC2O3)[nH]1. The molecule has 2 bridgehead atoms. The van der Waals surface area contributed by atoms with Crippen LogP contribution in [0.4, 0.5) is 0 Å². The first-order valence-corrected chi connectivity index (χ1v) is 7.12. The summed E-state index contributed by atoms with van der Waals surface area (Å²) in [4.78, 5) is 8.00. The average Bonchev–Trinajstić information content (AvgIpc) is 3.03. The van der Waals surface area contributed by atoms with Gasteiger partial charge < -0.3 is 15.0 Å². The molecule has 0 amide bonds. The number of ether oxygens (including phenoxy) is 1. The number of H-pyrrole nitrogens is 1. The molecule has 0 aromatic carbocycles. The lowest BCUT2D eigenvalue weighted by Crippen LogP contribution is -2.19. The molecule has 4 heteroatoms. The van der Waals surface area contributed by atoms with Crippen molar-refractivity contribution in [3.63, 3.8) is 0 Å². The van der Waals surface area contributed by atoms with Gasteiger partial charge in [0.1, 0.15) is 5.82 Å². The van der Waals surface area contributed by atoms with Crippen molar-refractivity contribution < 1.29 is 4.74 Å². The average molecular weight is 249 g/mol. The molecule has 0 saturated carbocycles. The summed E-state index contributed by atoms with van der Waals surface area (Å²) >= 11 is 0. The molecule has 2 saturated heterocycles. The van der Waals surface area contributed by atoms with Gasteiger partial charge in [0.2, 0.25) is 0 Å². The van der Waals surface area contributed by atoms with Crippen LogP contribution in [0.25, 0.3) is 0 Å². The lowest BCUT2D eigenvalue weighted by atomic mass is 9.89. The van der Waals surface area contributed by atoms with Crippen LogP contribution in [-0.4, -0.2) is 28.7 Å². The Morgan fingerprint density at radius 2 is 2.39 bits per heavy atom. The van der Waals surface area contributed by atoms with Crippen LogP contribution < -0.4 is 5.32 Å². The maximum absolute atomic E-state index is 5.89. The maximum atomic E-state index is 5.89. The number of hydrogen-bond acceptors (Lipinski definition) is 3. The van der Waals surface area contributed by atoms with Crippen LogP contribution in [0.3, 0.4) is 0 Å². The normalized spacial score (nSPS) is 30.5. The largest absolute Gasteiger partial charge is 0.374 e. The number of imidazole rings is 1. The van der Waals surface area contributed by atoms with Crippen molar-refractivity contribution in [3.8, 4) is 0 Å². The molecule has 1 aromatic rings. The first-order chi connectivity index (χ1) is 8.72. The molecule has 0 spiro atoms. The highest BCUT2D eigenvalue weighted by atomic mass is 16.5. The summed E-state index contributed by atoms with van der Waals surface area (Å²) in [6, 6.07) is 0. The van der Waals surface area contributed by atoms with Gasteiger partial charge in [-0.15, -0.1) is 0 Å². The molecule has 4 nitrogen and oxygen atoms in total. The van der Waals surface area contributed by atoms with Crippen molar-refractivity contribution in [1.82, 2.24) is 15.3 Å². The van der Waals surface area contributed by atoms with Crippen LogP contribution >= 0.6 is 0 Å². The number of hydrogen-bond donors (Lipinski definition) is 2. The third kappa shape index (κ3) is 2.45. The molecule has 100 valence electrons. The van der Waals surface area contributed by atoms with E-state index in [0.717, 1.165) is 25.3 Å². The molecule has 3 atom stereocenters. The summed E-state index contributed by atoms with van der Waals surface area (Å²) in [5.74, 6) is 2.32. The Balaban J connectivity index is 1.56. The molecule has 3 rings (SSSR count). The minimum absolute atomic E-state index is 0.414. The Morgan fingerprint density at radius 1 is 1.50 bits per heavy atom. The monoisotopic (exact) mass is 249 g/mol. The zero-order valence-electron chi connectivity index (χ0n) is 11.3. The Hall–Kier alpha value is -0.870. The lowest BCUT2D eigenvalue weighted by molar-refractivity contribution is 0.0999. The fourth-order valence-electron chi connectivity index (χ4n) is 3.08. The van der Waals surface area contributed by atoms with Crippen LogP contribution in [0.5, 0.6) is 0 Å². The van der Waals surface area contributed by atoms with Crippen molar-refractivity contribution in [2.45, 2.75) is 57.8 Å². The number of fused-ring (bicyclic) bond motifs is 2. The summed E-state index contributed by atoms with van der Waals surface area (Å²) in [6.45, 7) is 6.37. The smallest absolute Gasteiger partial charge is 0.112 e. The lowest BCUT2D eigenvalue weighted by Gasteiger charge is -2.15. The Kier molecular flexibility index (Phi) is 3.39. The number of nitrogens with zero attached hydrogens (tertiary/aromatic N) is 1. The standard InChI is InChI=1S/C14H23N3O/c1-9(2)6-15-7-10-8-16-14(17-10)12-5-11-3-4-13(12)18-11/h8-9,11-13,15H,3-7H2,1-2H3,(H,16,17). The van der Waals surface area contributed by atoms with E-state index < -0.39 is 0 Å². The minimum Gasteiger partial charge on any atom is -0.374 e. The third-order valence-electron chi connectivity index (χ3n) is 3.97. The summed E-state index contributed by atoms with van der Waals surface area (Å²) in [6.07, 6.45) is 6.47. The Labute approximate surface area is 109 Å². The number of aromatic amines is 1. The second kappa shape index (κ2) is 5.02. The molecule has 2 N–H and O–H groups in total. The number of aromatic nitrogens is 2. The zero-order valence-corrected chi connectivity index (χ0v) is 11.3. The summed E-state index contributed by atoms with van der Waals surface area (Å²) < 4.78 is 5.89. The zero-order chi connectivity index (χ0) is 12.5. The molecule has 2 aliphatic rings. The van der Waals surface area contributed by atoms with E-state index in [1.165, 1.54) is 18.5 Å². The number of rotatable bonds is 5. The molecular weight excluding hydrogens is 226 g/mol. The minimum atomic E-state index is 0.414. The Morgan fingerprint density at radius 3 is 3.06 bits per heavy atom. The molecule has 2 aliphatic heterocycles. The van der Waals surface area contributed by atoms with E-state index >= 15 is 0 Å². The fourth-order valence-corrected chi connectivity index (χ4v) is 3.08. The van der Waals surface area contributed by atoms with Gasteiger partial charge in [-0.25, -0.2) is 4.98 Å². The van der Waals surface area contributed by atoms with E-state index in [2.05, 4.69) is 29.1 Å². The summed E-state index contributed by atoms with van der Waals surface area (Å²) in [5.41, 5.74) is 1.19. The second-order valence-corrected chi connectivity index (χ2v) is 6.03. The molecule has 2 fully saturated rings. The molecule has 18 heavy (non-hydrogen) atoms. The first kappa shape index (κ1) is 12.2. The van der Waals surface area contributed by atoms with Gasteiger partial charge in [-0.2, -0.15) is 0 Å². The highest BCUT2D eigenvalue weighted by Gasteiger charge is 2.42. The van der Waals surface area contributed by atoms with Gasteiger partial charge in [0.25, 0.3) is 0 Å². The van der Waals surface area contributed by atoms with Crippen LogP contribution in [0.2, 0.25) is 0 Å². The van der Waals surface area contributed by atoms with E-state index in [4.69, 9.17) is 4.74 Å². The van der Waals surface area contributed by atoms with Crippen molar-refractivity contribution in [3.05, 3.63) is 17.7 Å². The molecule has 3 unspecified atom stereocenters. The molecule has 1 aromatic heterocycles. The summed E-state index contributed by atoms with van der Waals surface area (Å²) in [7, 11) is 0. The number of nitrogens with one attached hydrogen (secondary N) is 2. The highest BCUT2D eigenvalue weighted by molar-refractivity contribution is 5.11. The van der Waals surface area contributed by atoms with E-state index in [1.807, 2.05) is 6.20 Å². The van der Waals surface area contributed by atoms with Gasteiger partial charge >= 0.3 is 0 Å². The van der Waals surface area contributed by atoms with E-state index in [1.54, 1.807) is 0 Å². The first-order valence-electron chi connectivity index (χ1n) is 7.12.